The van der Waals surface area contributed by atoms with E-state index in [0.717, 1.165) is 16.9 Å². The third kappa shape index (κ3) is 2.50. The molecule has 15 heavy (non-hydrogen) atoms. The fourth-order valence-corrected chi connectivity index (χ4v) is 1.97. The number of rotatable bonds is 2. The standard InChI is InChI=1S/C11H15N3S/c1-11(2,3)15-8-14-10-7-5-4-6-9(10)12-13-14/h4-7H,8H2,1-3H3. The summed E-state index contributed by atoms with van der Waals surface area (Å²) in [4.78, 5) is 0. The first-order chi connectivity index (χ1) is 7.06. The maximum Gasteiger partial charge on any atom is 0.113 e. The van der Waals surface area contributed by atoms with Crippen molar-refractivity contribution in [2.75, 3.05) is 0 Å². The Morgan fingerprint density at radius 2 is 2.00 bits per heavy atom. The van der Waals surface area contributed by atoms with E-state index in [0.29, 0.717) is 0 Å². The van der Waals surface area contributed by atoms with Gasteiger partial charge in [0.2, 0.25) is 0 Å². The lowest BCUT2D eigenvalue weighted by Gasteiger charge is -2.17. The normalized spacial score (nSPS) is 12.2. The Hall–Kier alpha value is -1.03. The Balaban J connectivity index is 2.22. The Labute approximate surface area is 93.9 Å². The first kappa shape index (κ1) is 10.5. The van der Waals surface area contributed by atoms with Crippen molar-refractivity contribution in [3.05, 3.63) is 24.3 Å². The molecule has 0 aliphatic carbocycles. The van der Waals surface area contributed by atoms with Crippen LogP contribution in [0.15, 0.2) is 24.3 Å². The molecule has 1 aromatic heterocycles. The highest BCUT2D eigenvalue weighted by Gasteiger charge is 2.12. The van der Waals surface area contributed by atoms with E-state index in [9.17, 15) is 0 Å². The van der Waals surface area contributed by atoms with Gasteiger partial charge in [-0.3, -0.25) is 0 Å². The molecule has 0 fully saturated rings. The Bertz CT molecular complexity index is 456. The third-order valence-corrected chi connectivity index (χ3v) is 3.28. The largest absolute Gasteiger partial charge is 0.235 e. The second-order valence-corrected chi connectivity index (χ2v) is 6.24. The third-order valence-electron chi connectivity index (χ3n) is 2.04. The molecule has 1 aromatic carbocycles. The van der Waals surface area contributed by atoms with E-state index in [1.165, 1.54) is 0 Å². The zero-order chi connectivity index (χ0) is 10.9. The fourth-order valence-electron chi connectivity index (χ4n) is 1.27. The van der Waals surface area contributed by atoms with E-state index in [1.54, 1.807) is 0 Å². The summed E-state index contributed by atoms with van der Waals surface area (Å²) in [5, 5.41) is 8.26. The first-order valence-electron chi connectivity index (χ1n) is 4.98. The first-order valence-corrected chi connectivity index (χ1v) is 5.97. The molecule has 2 aromatic rings. The topological polar surface area (TPSA) is 30.7 Å². The van der Waals surface area contributed by atoms with Crippen LogP contribution in [0.4, 0.5) is 0 Å². The van der Waals surface area contributed by atoms with Gasteiger partial charge in [-0.2, -0.15) is 0 Å². The van der Waals surface area contributed by atoms with Gasteiger partial charge in [0.1, 0.15) is 5.52 Å². The Morgan fingerprint density at radius 1 is 1.27 bits per heavy atom. The van der Waals surface area contributed by atoms with Crippen LogP contribution in [0.1, 0.15) is 20.8 Å². The minimum Gasteiger partial charge on any atom is -0.235 e. The molecule has 0 aliphatic rings. The molecule has 0 saturated heterocycles. The predicted molar refractivity (Wildman–Crippen MR) is 64.9 cm³/mol. The summed E-state index contributed by atoms with van der Waals surface area (Å²) in [6, 6.07) is 8.04. The Morgan fingerprint density at radius 3 is 2.73 bits per heavy atom. The van der Waals surface area contributed by atoms with Gasteiger partial charge in [0.05, 0.1) is 11.4 Å². The van der Waals surface area contributed by atoms with Crippen LogP contribution in [0.2, 0.25) is 0 Å². The molecule has 2 rings (SSSR count). The molecule has 0 radical (unpaired) electrons. The summed E-state index contributed by atoms with van der Waals surface area (Å²) >= 11 is 1.87. The van der Waals surface area contributed by atoms with E-state index in [4.69, 9.17) is 0 Å². The second kappa shape index (κ2) is 3.85. The van der Waals surface area contributed by atoms with Gasteiger partial charge in [0.25, 0.3) is 0 Å². The van der Waals surface area contributed by atoms with Gasteiger partial charge in [-0.15, -0.1) is 16.9 Å². The lowest BCUT2D eigenvalue weighted by atomic mass is 10.3. The summed E-state index contributed by atoms with van der Waals surface area (Å²) in [6.07, 6.45) is 0. The molecular weight excluding hydrogens is 206 g/mol. The molecule has 0 amide bonds. The number of benzene rings is 1. The van der Waals surface area contributed by atoms with Crippen molar-refractivity contribution in [1.82, 2.24) is 15.0 Å². The molecule has 0 atom stereocenters. The van der Waals surface area contributed by atoms with Gasteiger partial charge >= 0.3 is 0 Å². The average Bonchev–Trinajstić information content (AvgIpc) is 2.57. The van der Waals surface area contributed by atoms with Crippen molar-refractivity contribution in [1.29, 1.82) is 0 Å². The number of para-hydroxylation sites is 1. The van der Waals surface area contributed by atoms with Crippen LogP contribution in [0.5, 0.6) is 0 Å². The van der Waals surface area contributed by atoms with Gasteiger partial charge in [-0.25, -0.2) is 4.68 Å². The van der Waals surface area contributed by atoms with Crippen molar-refractivity contribution >= 4 is 22.8 Å². The number of hydrogen-bond donors (Lipinski definition) is 0. The van der Waals surface area contributed by atoms with Crippen LogP contribution in [0.25, 0.3) is 11.0 Å². The predicted octanol–water partition coefficient (Wildman–Crippen LogP) is 2.92. The van der Waals surface area contributed by atoms with Crippen LogP contribution in [0, 0.1) is 0 Å². The highest BCUT2D eigenvalue weighted by atomic mass is 32.2. The number of thioether (sulfide) groups is 1. The molecular formula is C11H15N3S. The lowest BCUT2D eigenvalue weighted by molar-refractivity contribution is 0.708. The molecule has 4 heteroatoms. The summed E-state index contributed by atoms with van der Waals surface area (Å²) in [6.45, 7) is 6.62. The molecule has 0 N–H and O–H groups in total. The SMILES string of the molecule is CC(C)(C)SCn1nnc2ccccc21. The summed E-state index contributed by atoms with van der Waals surface area (Å²) in [7, 11) is 0. The minimum absolute atomic E-state index is 0.257. The van der Waals surface area contributed by atoms with E-state index >= 15 is 0 Å². The number of fused-ring (bicyclic) bond motifs is 1. The van der Waals surface area contributed by atoms with E-state index in [-0.39, 0.29) is 4.75 Å². The number of hydrogen-bond acceptors (Lipinski definition) is 3. The zero-order valence-corrected chi connectivity index (χ0v) is 10.1. The van der Waals surface area contributed by atoms with Crippen molar-refractivity contribution in [3.8, 4) is 0 Å². The monoisotopic (exact) mass is 221 g/mol. The van der Waals surface area contributed by atoms with Crippen molar-refractivity contribution < 1.29 is 0 Å². The average molecular weight is 221 g/mol. The van der Waals surface area contributed by atoms with Gasteiger partial charge in [0, 0.05) is 4.75 Å². The highest BCUT2D eigenvalue weighted by molar-refractivity contribution is 7.99. The van der Waals surface area contributed by atoms with Gasteiger partial charge in [0.15, 0.2) is 0 Å². The van der Waals surface area contributed by atoms with Crippen LogP contribution < -0.4 is 0 Å². The van der Waals surface area contributed by atoms with E-state index < -0.39 is 0 Å². The minimum atomic E-state index is 0.257. The number of nitrogens with zero attached hydrogens (tertiary/aromatic N) is 3. The lowest BCUT2D eigenvalue weighted by Crippen LogP contribution is -2.10. The highest BCUT2D eigenvalue weighted by Crippen LogP contribution is 2.25. The van der Waals surface area contributed by atoms with Gasteiger partial charge in [-0.05, 0) is 12.1 Å². The van der Waals surface area contributed by atoms with Crippen LogP contribution in [-0.2, 0) is 5.88 Å². The van der Waals surface area contributed by atoms with Crippen molar-refractivity contribution in [2.45, 2.75) is 31.4 Å². The summed E-state index contributed by atoms with van der Waals surface area (Å²) < 4.78 is 2.21. The summed E-state index contributed by atoms with van der Waals surface area (Å²) in [5.41, 5.74) is 2.07. The van der Waals surface area contributed by atoms with Crippen molar-refractivity contribution in [2.24, 2.45) is 0 Å². The molecule has 0 saturated carbocycles. The van der Waals surface area contributed by atoms with Crippen molar-refractivity contribution in [3.63, 3.8) is 0 Å². The van der Waals surface area contributed by atoms with Crippen LogP contribution in [0.3, 0.4) is 0 Å². The van der Waals surface area contributed by atoms with E-state index in [1.807, 2.05) is 34.6 Å². The maximum atomic E-state index is 4.14. The maximum absolute atomic E-state index is 4.14. The quantitative estimate of drug-likeness (QED) is 0.781. The molecule has 0 aliphatic heterocycles. The number of aromatic nitrogens is 3. The fraction of sp³-hybridized carbons (Fsp3) is 0.455. The molecule has 1 heterocycles. The molecule has 0 spiro atoms. The summed E-state index contributed by atoms with van der Waals surface area (Å²) in [5.74, 6) is 0.851. The zero-order valence-electron chi connectivity index (χ0n) is 9.27. The molecule has 0 unspecified atom stereocenters. The molecule has 0 bridgehead atoms. The van der Waals surface area contributed by atoms with Gasteiger partial charge < -0.3 is 0 Å². The van der Waals surface area contributed by atoms with Gasteiger partial charge in [-0.1, -0.05) is 38.1 Å². The van der Waals surface area contributed by atoms with Crippen LogP contribution in [-0.4, -0.2) is 19.7 Å². The Kier molecular flexibility index (Phi) is 2.69. The molecule has 3 nitrogen and oxygen atoms in total. The van der Waals surface area contributed by atoms with E-state index in [2.05, 4.69) is 37.1 Å². The van der Waals surface area contributed by atoms with Crippen LogP contribution >= 0.6 is 11.8 Å². The second-order valence-electron chi connectivity index (χ2n) is 4.46. The molecule has 80 valence electrons. The smallest absolute Gasteiger partial charge is 0.113 e.